The number of nitro benzene ring substituents is 1. The molecule has 28 heavy (non-hydrogen) atoms. The van der Waals surface area contributed by atoms with Gasteiger partial charge in [0.05, 0.1) is 16.0 Å². The standard InChI is InChI=1S/C17H9Cl2N3O4S2/c18-11-2-1-9(13(19)7-11)6-15-16(24)21(17(27)28-15)20-8-10-5-12(22(25)26)3-4-14(10)23/h1-8,23H/b15-6-,20-8+. The van der Waals surface area contributed by atoms with Gasteiger partial charge in [-0.2, -0.15) is 10.1 Å². The van der Waals surface area contributed by atoms with Gasteiger partial charge in [0.1, 0.15) is 5.75 Å². The van der Waals surface area contributed by atoms with Crippen LogP contribution in [-0.4, -0.2) is 31.5 Å². The summed E-state index contributed by atoms with van der Waals surface area (Å²) in [6.07, 6.45) is 2.70. The van der Waals surface area contributed by atoms with Crippen LogP contribution in [0.1, 0.15) is 11.1 Å². The molecule has 0 unspecified atom stereocenters. The maximum absolute atomic E-state index is 12.6. The third-order valence-electron chi connectivity index (χ3n) is 3.56. The number of halogens is 2. The fourth-order valence-electron chi connectivity index (χ4n) is 2.20. The van der Waals surface area contributed by atoms with E-state index in [0.717, 1.165) is 35.1 Å². The highest BCUT2D eigenvalue weighted by Gasteiger charge is 2.32. The fourth-order valence-corrected chi connectivity index (χ4v) is 3.82. The molecule has 1 amide bonds. The first-order valence-electron chi connectivity index (χ1n) is 7.50. The van der Waals surface area contributed by atoms with Gasteiger partial charge < -0.3 is 5.11 Å². The summed E-state index contributed by atoms with van der Waals surface area (Å²) < 4.78 is 0.169. The molecule has 1 fully saturated rings. The normalized spacial score (nSPS) is 15.8. The summed E-state index contributed by atoms with van der Waals surface area (Å²) in [5.41, 5.74) is 0.446. The minimum atomic E-state index is -0.602. The highest BCUT2D eigenvalue weighted by Crippen LogP contribution is 2.34. The molecule has 0 aliphatic carbocycles. The van der Waals surface area contributed by atoms with Crippen molar-refractivity contribution < 1.29 is 14.8 Å². The van der Waals surface area contributed by atoms with Crippen molar-refractivity contribution in [2.24, 2.45) is 5.10 Å². The minimum absolute atomic E-state index is 0.0768. The summed E-state index contributed by atoms with van der Waals surface area (Å²) in [4.78, 5) is 23.1. The van der Waals surface area contributed by atoms with Gasteiger partial charge >= 0.3 is 0 Å². The largest absolute Gasteiger partial charge is 0.507 e. The SMILES string of the molecule is O=C1/C(=C/c2ccc(Cl)cc2Cl)SC(=S)N1/N=C/c1cc([N+](=O)[O-])ccc1O. The first kappa shape index (κ1) is 20.3. The smallest absolute Gasteiger partial charge is 0.286 e. The van der Waals surface area contributed by atoms with Gasteiger partial charge in [0, 0.05) is 27.7 Å². The van der Waals surface area contributed by atoms with E-state index in [1.807, 2.05) is 0 Å². The number of hydrogen-bond donors (Lipinski definition) is 1. The lowest BCUT2D eigenvalue weighted by Crippen LogP contribution is -2.22. The van der Waals surface area contributed by atoms with E-state index in [0.29, 0.717) is 20.5 Å². The van der Waals surface area contributed by atoms with Crippen LogP contribution < -0.4 is 0 Å². The highest BCUT2D eigenvalue weighted by atomic mass is 35.5. The van der Waals surface area contributed by atoms with Crippen molar-refractivity contribution in [2.75, 3.05) is 0 Å². The van der Waals surface area contributed by atoms with Crippen LogP contribution in [0.15, 0.2) is 46.4 Å². The first-order chi connectivity index (χ1) is 13.3. The van der Waals surface area contributed by atoms with E-state index in [-0.39, 0.29) is 21.3 Å². The summed E-state index contributed by atoms with van der Waals surface area (Å²) in [7, 11) is 0. The maximum Gasteiger partial charge on any atom is 0.286 e. The van der Waals surface area contributed by atoms with Gasteiger partial charge in [0.25, 0.3) is 11.6 Å². The molecule has 1 heterocycles. The van der Waals surface area contributed by atoms with Crippen molar-refractivity contribution >= 4 is 75.4 Å². The van der Waals surface area contributed by atoms with Gasteiger partial charge in [-0.15, -0.1) is 0 Å². The maximum atomic E-state index is 12.6. The zero-order chi connectivity index (χ0) is 20.4. The molecule has 0 saturated carbocycles. The lowest BCUT2D eigenvalue weighted by Gasteiger charge is -2.06. The molecule has 11 heteroatoms. The number of non-ortho nitro benzene ring substituents is 1. The number of amides is 1. The molecular weight excluding hydrogens is 445 g/mol. The Labute approximate surface area is 178 Å². The van der Waals surface area contributed by atoms with E-state index in [2.05, 4.69) is 5.10 Å². The molecule has 7 nitrogen and oxygen atoms in total. The molecule has 0 bridgehead atoms. The lowest BCUT2D eigenvalue weighted by molar-refractivity contribution is -0.384. The number of carbonyl (C=O) groups is 1. The van der Waals surface area contributed by atoms with Crippen molar-refractivity contribution in [1.29, 1.82) is 0 Å². The second-order valence-electron chi connectivity index (χ2n) is 5.40. The average molecular weight is 454 g/mol. The van der Waals surface area contributed by atoms with E-state index >= 15 is 0 Å². The molecule has 3 rings (SSSR count). The summed E-state index contributed by atoms with van der Waals surface area (Å²) in [6, 6.07) is 8.33. The van der Waals surface area contributed by atoms with Gasteiger partial charge in [0.15, 0.2) is 4.32 Å². The van der Waals surface area contributed by atoms with Gasteiger partial charge in [-0.1, -0.05) is 41.0 Å². The van der Waals surface area contributed by atoms with Crippen molar-refractivity contribution in [3.05, 3.63) is 72.6 Å². The number of thiocarbonyl (C=S) groups is 1. The number of hydrazone groups is 1. The van der Waals surface area contributed by atoms with E-state index in [9.17, 15) is 20.0 Å². The van der Waals surface area contributed by atoms with Crippen molar-refractivity contribution in [1.82, 2.24) is 5.01 Å². The molecular formula is C17H9Cl2N3O4S2. The molecule has 2 aromatic rings. The Morgan fingerprint density at radius 2 is 1.96 bits per heavy atom. The van der Waals surface area contributed by atoms with E-state index in [1.165, 1.54) is 6.07 Å². The lowest BCUT2D eigenvalue weighted by atomic mass is 10.2. The molecule has 1 N–H and O–H groups in total. The van der Waals surface area contributed by atoms with E-state index < -0.39 is 10.8 Å². The Morgan fingerprint density at radius 3 is 2.64 bits per heavy atom. The van der Waals surface area contributed by atoms with Crippen LogP contribution in [-0.2, 0) is 4.79 Å². The Kier molecular flexibility index (Phi) is 5.99. The zero-order valence-corrected chi connectivity index (χ0v) is 16.8. The molecule has 0 atom stereocenters. The van der Waals surface area contributed by atoms with Gasteiger partial charge in [0.2, 0.25) is 0 Å². The third kappa shape index (κ3) is 4.33. The topological polar surface area (TPSA) is 96.0 Å². The van der Waals surface area contributed by atoms with Crippen molar-refractivity contribution in [3.63, 3.8) is 0 Å². The number of nitro groups is 1. The zero-order valence-electron chi connectivity index (χ0n) is 13.7. The van der Waals surface area contributed by atoms with Crippen LogP contribution in [0, 0.1) is 10.1 Å². The van der Waals surface area contributed by atoms with Gasteiger partial charge in [-0.3, -0.25) is 14.9 Å². The molecule has 0 spiro atoms. The van der Waals surface area contributed by atoms with Crippen LogP contribution in [0.4, 0.5) is 5.69 Å². The molecule has 0 aromatic heterocycles. The summed E-state index contributed by atoms with van der Waals surface area (Å²) in [6.45, 7) is 0. The molecule has 0 radical (unpaired) electrons. The number of carbonyl (C=O) groups excluding carboxylic acids is 1. The van der Waals surface area contributed by atoms with E-state index in [4.69, 9.17) is 35.4 Å². The Balaban J connectivity index is 1.86. The number of aromatic hydroxyl groups is 1. The second kappa shape index (κ2) is 8.27. The summed E-state index contributed by atoms with van der Waals surface area (Å²) >= 11 is 18.2. The molecule has 2 aromatic carbocycles. The quantitative estimate of drug-likeness (QED) is 0.234. The molecule has 142 valence electrons. The van der Waals surface area contributed by atoms with E-state index in [1.54, 1.807) is 24.3 Å². The molecule has 1 saturated heterocycles. The van der Waals surface area contributed by atoms with Crippen LogP contribution in [0.5, 0.6) is 5.75 Å². The second-order valence-corrected chi connectivity index (χ2v) is 7.92. The van der Waals surface area contributed by atoms with Gasteiger partial charge in [-0.05, 0) is 42.1 Å². The predicted octanol–water partition coefficient (Wildman–Crippen LogP) is 4.84. The molecule has 1 aliphatic heterocycles. The van der Waals surface area contributed by atoms with Crippen LogP contribution in [0.3, 0.4) is 0 Å². The number of nitrogens with zero attached hydrogens (tertiary/aromatic N) is 3. The van der Waals surface area contributed by atoms with Crippen LogP contribution in [0.25, 0.3) is 6.08 Å². The Bertz CT molecular complexity index is 1070. The van der Waals surface area contributed by atoms with Crippen LogP contribution >= 0.6 is 47.2 Å². The number of hydrogen-bond acceptors (Lipinski definition) is 7. The number of benzene rings is 2. The first-order valence-corrected chi connectivity index (χ1v) is 9.49. The summed E-state index contributed by atoms with van der Waals surface area (Å²) in [5, 5.41) is 26.5. The van der Waals surface area contributed by atoms with Crippen molar-refractivity contribution in [3.8, 4) is 5.75 Å². The fraction of sp³-hybridized carbons (Fsp3) is 0. The number of rotatable bonds is 4. The number of phenols is 1. The average Bonchev–Trinajstić information content (AvgIpc) is 2.90. The Hall–Kier alpha value is -2.46. The monoisotopic (exact) mass is 453 g/mol. The predicted molar refractivity (Wildman–Crippen MR) is 114 cm³/mol. The van der Waals surface area contributed by atoms with Gasteiger partial charge in [-0.25, -0.2) is 0 Å². The number of phenolic OH excluding ortho intramolecular Hbond substituents is 1. The third-order valence-corrected chi connectivity index (χ3v) is 5.40. The highest BCUT2D eigenvalue weighted by molar-refractivity contribution is 8.26. The number of thioether (sulfide) groups is 1. The summed E-state index contributed by atoms with van der Waals surface area (Å²) in [5.74, 6) is -0.703. The Morgan fingerprint density at radius 1 is 1.21 bits per heavy atom. The van der Waals surface area contributed by atoms with Crippen molar-refractivity contribution in [2.45, 2.75) is 0 Å². The van der Waals surface area contributed by atoms with Crippen LogP contribution in [0.2, 0.25) is 10.0 Å². The minimum Gasteiger partial charge on any atom is -0.507 e. The molecule has 1 aliphatic rings.